The number of rotatable bonds is 5. The van der Waals surface area contributed by atoms with E-state index in [0.29, 0.717) is 12.1 Å². The normalized spacial score (nSPS) is 29.7. The van der Waals surface area contributed by atoms with Crippen LogP contribution in [0.5, 0.6) is 0 Å². The largest absolute Gasteiger partial charge is 0.372 e. The van der Waals surface area contributed by atoms with E-state index in [0.717, 1.165) is 0 Å². The highest BCUT2D eigenvalue weighted by atomic mass is 16.8. The van der Waals surface area contributed by atoms with Gasteiger partial charge >= 0.3 is 0 Å². The fraction of sp³-hybridized carbons (Fsp3) is 0.588. The van der Waals surface area contributed by atoms with Gasteiger partial charge in [-0.25, -0.2) is 0 Å². The summed E-state index contributed by atoms with van der Waals surface area (Å²) in [7, 11) is 1.73. The number of hydrogen-bond donors (Lipinski definition) is 0. The molecule has 0 radical (unpaired) electrons. The lowest BCUT2D eigenvalue weighted by molar-refractivity contribution is -0.190. The second-order valence-electron chi connectivity index (χ2n) is 6.90. The lowest BCUT2D eigenvalue weighted by Crippen LogP contribution is -2.51. The number of fused-ring (bicyclic) bond motifs is 1. The van der Waals surface area contributed by atoms with Crippen molar-refractivity contribution in [1.29, 1.82) is 0 Å². The molecule has 0 aliphatic carbocycles. The minimum absolute atomic E-state index is 0.0967. The van der Waals surface area contributed by atoms with Crippen molar-refractivity contribution >= 4 is 5.91 Å². The number of carbonyl (C=O) groups excluding carboxylic acids is 1. The molecule has 2 fully saturated rings. The predicted octanol–water partition coefficient (Wildman–Crippen LogP) is 2.36. The van der Waals surface area contributed by atoms with E-state index < -0.39 is 23.6 Å². The van der Waals surface area contributed by atoms with E-state index >= 15 is 0 Å². The zero-order valence-electron chi connectivity index (χ0n) is 14.6. The minimum atomic E-state index is -0.792. The van der Waals surface area contributed by atoms with Crippen LogP contribution in [0.1, 0.15) is 24.2 Å². The number of hydrogen-bond acceptors (Lipinski definition) is 5. The van der Waals surface area contributed by atoms with Gasteiger partial charge in [0.2, 0.25) is 0 Å². The van der Waals surface area contributed by atoms with E-state index in [9.17, 15) is 4.79 Å². The highest BCUT2D eigenvalue weighted by molar-refractivity contribution is 5.94. The van der Waals surface area contributed by atoms with E-state index in [1.807, 2.05) is 32.0 Å². The third-order valence-electron chi connectivity index (χ3n) is 4.45. The molecule has 0 N–H and O–H groups in total. The topological polar surface area (TPSA) is 96.8 Å². The fourth-order valence-electron chi connectivity index (χ4n) is 3.55. The van der Waals surface area contributed by atoms with E-state index in [1.54, 1.807) is 24.1 Å². The Hall–Kier alpha value is -2.12. The van der Waals surface area contributed by atoms with Crippen molar-refractivity contribution in [2.75, 3.05) is 26.7 Å². The van der Waals surface area contributed by atoms with Crippen molar-refractivity contribution < 1.29 is 19.0 Å². The molecule has 3 rings (SSSR count). The average Bonchev–Trinajstić information content (AvgIpc) is 3.02. The first-order valence-corrected chi connectivity index (χ1v) is 8.18. The van der Waals surface area contributed by atoms with Gasteiger partial charge < -0.3 is 19.1 Å². The molecule has 1 aromatic rings. The molecule has 2 aliphatic rings. The summed E-state index contributed by atoms with van der Waals surface area (Å²) in [4.78, 5) is 17.1. The summed E-state index contributed by atoms with van der Waals surface area (Å²) < 4.78 is 17.9. The number of amides is 1. The van der Waals surface area contributed by atoms with Crippen LogP contribution in [-0.4, -0.2) is 61.1 Å². The number of ether oxygens (including phenoxy) is 3. The molecule has 134 valence electrons. The number of azide groups is 1. The number of benzene rings is 1. The van der Waals surface area contributed by atoms with E-state index in [4.69, 9.17) is 19.7 Å². The third kappa shape index (κ3) is 3.48. The van der Waals surface area contributed by atoms with Gasteiger partial charge in [0, 0.05) is 17.5 Å². The molecule has 2 heterocycles. The van der Waals surface area contributed by atoms with Crippen LogP contribution >= 0.6 is 0 Å². The molecule has 2 aliphatic heterocycles. The second kappa shape index (κ2) is 6.65. The van der Waals surface area contributed by atoms with Crippen LogP contribution in [0.25, 0.3) is 10.4 Å². The molecule has 0 unspecified atom stereocenters. The van der Waals surface area contributed by atoms with Crippen LogP contribution < -0.4 is 0 Å². The van der Waals surface area contributed by atoms with Gasteiger partial charge in [-0.05, 0) is 31.5 Å². The summed E-state index contributed by atoms with van der Waals surface area (Å²) in [5.74, 6) is -0.889. The maximum absolute atomic E-state index is 12.7. The molecule has 2 saturated heterocycles. The van der Waals surface area contributed by atoms with E-state index in [1.165, 1.54) is 0 Å². The molecule has 0 aromatic heterocycles. The smallest absolute Gasteiger partial charge is 0.253 e. The molecular weight excluding hydrogens is 324 g/mol. The number of carbonyl (C=O) groups is 1. The van der Waals surface area contributed by atoms with Gasteiger partial charge in [-0.2, -0.15) is 0 Å². The van der Waals surface area contributed by atoms with Crippen LogP contribution in [0.2, 0.25) is 0 Å². The van der Waals surface area contributed by atoms with Crippen molar-refractivity contribution in [3.8, 4) is 0 Å². The van der Waals surface area contributed by atoms with Crippen molar-refractivity contribution in [2.24, 2.45) is 5.11 Å². The standard InChI is InChI=1S/C17H22N4O4/c1-16(2)24-14-13(9-19-20-18)23-11-17(14,25-16)10-21(3)15(22)12-7-5-4-6-8-12/h4-8,13-14H,9-11H2,1-3H3/t13-,14-,17+/m1/s1. The summed E-state index contributed by atoms with van der Waals surface area (Å²) in [5.41, 5.74) is 8.39. The van der Waals surface area contributed by atoms with Crippen molar-refractivity contribution in [3.63, 3.8) is 0 Å². The maximum atomic E-state index is 12.7. The van der Waals surface area contributed by atoms with E-state index in [2.05, 4.69) is 10.0 Å². The zero-order valence-corrected chi connectivity index (χ0v) is 14.6. The SMILES string of the molecule is CN(C[C@]12CO[C@H](CN=[N+]=[N-])[C@H]1OC(C)(C)O2)C(=O)c1ccccc1. The quantitative estimate of drug-likeness (QED) is 0.464. The Morgan fingerprint density at radius 3 is 2.80 bits per heavy atom. The van der Waals surface area contributed by atoms with Gasteiger partial charge in [-0.15, -0.1) is 0 Å². The molecule has 1 aromatic carbocycles. The van der Waals surface area contributed by atoms with Gasteiger partial charge in [0.15, 0.2) is 5.79 Å². The second-order valence-corrected chi connectivity index (χ2v) is 6.90. The lowest BCUT2D eigenvalue weighted by Gasteiger charge is -2.31. The molecule has 3 atom stereocenters. The molecule has 0 bridgehead atoms. The Bertz CT molecular complexity index is 689. The Balaban J connectivity index is 1.79. The molecular formula is C17H22N4O4. The first-order valence-electron chi connectivity index (χ1n) is 8.18. The van der Waals surface area contributed by atoms with Gasteiger partial charge in [0.25, 0.3) is 5.91 Å². The molecule has 1 amide bonds. The highest BCUT2D eigenvalue weighted by Gasteiger charge is 2.61. The molecule has 0 spiro atoms. The Morgan fingerprint density at radius 1 is 1.40 bits per heavy atom. The Labute approximate surface area is 146 Å². The number of likely N-dealkylation sites (N-methyl/N-ethyl adjacent to an activating group) is 1. The lowest BCUT2D eigenvalue weighted by atomic mass is 9.95. The molecule has 0 saturated carbocycles. The van der Waals surface area contributed by atoms with Gasteiger partial charge in [0.05, 0.1) is 25.8 Å². The van der Waals surface area contributed by atoms with E-state index in [-0.39, 0.29) is 19.1 Å². The Morgan fingerprint density at radius 2 is 2.12 bits per heavy atom. The summed E-state index contributed by atoms with van der Waals surface area (Å²) in [6, 6.07) is 9.08. The van der Waals surface area contributed by atoms with Crippen LogP contribution in [0.15, 0.2) is 35.4 Å². The molecule has 8 heteroatoms. The van der Waals surface area contributed by atoms with Crippen LogP contribution in [0, 0.1) is 0 Å². The summed E-state index contributed by atoms with van der Waals surface area (Å²) in [6.45, 7) is 4.42. The monoisotopic (exact) mass is 346 g/mol. The molecule has 25 heavy (non-hydrogen) atoms. The molecule has 8 nitrogen and oxygen atoms in total. The zero-order chi connectivity index (χ0) is 18.1. The van der Waals surface area contributed by atoms with Gasteiger partial charge in [-0.1, -0.05) is 23.3 Å². The summed E-state index contributed by atoms with van der Waals surface area (Å²) in [5, 5.41) is 3.59. The van der Waals surface area contributed by atoms with Crippen LogP contribution in [-0.2, 0) is 14.2 Å². The minimum Gasteiger partial charge on any atom is -0.372 e. The Kier molecular flexibility index (Phi) is 4.71. The van der Waals surface area contributed by atoms with Crippen LogP contribution in [0.4, 0.5) is 0 Å². The maximum Gasteiger partial charge on any atom is 0.253 e. The van der Waals surface area contributed by atoms with Crippen LogP contribution in [0.3, 0.4) is 0 Å². The highest BCUT2D eigenvalue weighted by Crippen LogP contribution is 2.43. The summed E-state index contributed by atoms with van der Waals surface area (Å²) >= 11 is 0. The third-order valence-corrected chi connectivity index (χ3v) is 4.45. The van der Waals surface area contributed by atoms with Crippen molar-refractivity contribution in [1.82, 2.24) is 4.90 Å². The predicted molar refractivity (Wildman–Crippen MR) is 89.9 cm³/mol. The van der Waals surface area contributed by atoms with Gasteiger partial charge in [-0.3, -0.25) is 4.79 Å². The van der Waals surface area contributed by atoms with Crippen molar-refractivity contribution in [2.45, 2.75) is 37.4 Å². The number of nitrogens with zero attached hydrogens (tertiary/aromatic N) is 4. The summed E-state index contributed by atoms with van der Waals surface area (Å²) in [6.07, 6.45) is -0.795. The average molecular weight is 346 g/mol. The van der Waals surface area contributed by atoms with Crippen molar-refractivity contribution in [3.05, 3.63) is 46.3 Å². The first kappa shape index (κ1) is 17.7. The van der Waals surface area contributed by atoms with Gasteiger partial charge in [0.1, 0.15) is 11.7 Å². The first-order chi connectivity index (χ1) is 11.9. The fourth-order valence-corrected chi connectivity index (χ4v) is 3.55.